The number of carbonyl (C=O) groups is 1. The lowest BCUT2D eigenvalue weighted by Gasteiger charge is -2.19. The number of aryl methyl sites for hydroxylation is 1. The van der Waals surface area contributed by atoms with Gasteiger partial charge in [0, 0.05) is 55.7 Å². The van der Waals surface area contributed by atoms with Crippen molar-refractivity contribution in [2.45, 2.75) is 32.9 Å². The van der Waals surface area contributed by atoms with Crippen LogP contribution in [0.5, 0.6) is 5.75 Å². The van der Waals surface area contributed by atoms with Gasteiger partial charge in [-0.1, -0.05) is 35.9 Å². The molecule has 1 aromatic carbocycles. The van der Waals surface area contributed by atoms with E-state index in [1.165, 1.54) is 29.2 Å². The van der Waals surface area contributed by atoms with Crippen LogP contribution in [0.3, 0.4) is 0 Å². The molecule has 2 aromatic heterocycles. The molecule has 0 aliphatic carbocycles. The number of benzene rings is 1. The summed E-state index contributed by atoms with van der Waals surface area (Å²) in [6.07, 6.45) is 1.30. The largest absolute Gasteiger partial charge is 0.492 e. The first-order valence-electron chi connectivity index (χ1n) is 10.8. The van der Waals surface area contributed by atoms with Crippen molar-refractivity contribution in [1.82, 2.24) is 9.47 Å². The molecule has 3 aromatic rings. The Hall–Kier alpha value is -2.90. The van der Waals surface area contributed by atoms with Gasteiger partial charge in [-0.05, 0) is 23.9 Å². The number of fused-ring (bicyclic) bond motifs is 1. The van der Waals surface area contributed by atoms with Crippen LogP contribution in [0.15, 0.2) is 52.6 Å². The number of hydrogen-bond acceptors (Lipinski definition) is 6. The van der Waals surface area contributed by atoms with Crippen LogP contribution in [-0.4, -0.2) is 42.2 Å². The molecule has 7 heteroatoms. The number of rotatable bonds is 7. The van der Waals surface area contributed by atoms with Gasteiger partial charge in [-0.3, -0.25) is 9.69 Å². The summed E-state index contributed by atoms with van der Waals surface area (Å²) in [6, 6.07) is 14.0. The predicted molar refractivity (Wildman–Crippen MR) is 126 cm³/mol. The van der Waals surface area contributed by atoms with Gasteiger partial charge in [0.05, 0.1) is 13.7 Å². The van der Waals surface area contributed by atoms with E-state index in [2.05, 4.69) is 36.1 Å². The second-order valence-corrected chi connectivity index (χ2v) is 9.03. The highest BCUT2D eigenvalue weighted by atomic mass is 32.1. The second-order valence-electron chi connectivity index (χ2n) is 8.00. The minimum absolute atomic E-state index is 0.143. The molecule has 0 atom stereocenters. The van der Waals surface area contributed by atoms with Crippen molar-refractivity contribution < 1.29 is 14.3 Å². The van der Waals surface area contributed by atoms with Gasteiger partial charge < -0.3 is 14.0 Å². The molecular formula is C25H28N2O4S. The number of carbonyl (C=O) groups excluding carboxylic acids is 1. The van der Waals surface area contributed by atoms with Crippen LogP contribution in [-0.2, 0) is 30.7 Å². The number of ether oxygens (including phenoxy) is 2. The first kappa shape index (κ1) is 22.3. The second kappa shape index (κ2) is 10.1. The maximum atomic E-state index is 12.9. The molecule has 0 saturated carbocycles. The minimum Gasteiger partial charge on any atom is -0.492 e. The lowest BCUT2D eigenvalue weighted by atomic mass is 10.1. The molecule has 4 rings (SSSR count). The SMILES string of the molecule is COC(=O)c1c(OCCc2cccs2)cc(=O)n2c1CCN(Cc1ccc(C)cc1)CC2. The first-order valence-corrected chi connectivity index (χ1v) is 11.7. The number of aromatic nitrogens is 1. The standard InChI is InChI=1S/C25H28N2O4S/c1-18-5-7-19(8-6-18)17-26-11-9-21-24(25(29)30-2)22(16-23(28)27(21)13-12-26)31-14-10-20-4-3-15-32-20/h3-8,15-16H,9-14,17H2,1-2H3. The van der Waals surface area contributed by atoms with E-state index in [0.29, 0.717) is 36.6 Å². The Balaban J connectivity index is 1.55. The zero-order valence-electron chi connectivity index (χ0n) is 18.5. The van der Waals surface area contributed by atoms with Crippen LogP contribution in [0.2, 0.25) is 0 Å². The molecule has 0 spiro atoms. The fourth-order valence-corrected chi connectivity index (χ4v) is 4.75. The smallest absolute Gasteiger partial charge is 0.343 e. The van der Waals surface area contributed by atoms with E-state index in [1.54, 1.807) is 15.9 Å². The quantitative estimate of drug-likeness (QED) is 0.512. The monoisotopic (exact) mass is 452 g/mol. The fraction of sp³-hybridized carbons (Fsp3) is 0.360. The molecule has 0 bridgehead atoms. The van der Waals surface area contributed by atoms with Crippen molar-refractivity contribution in [2.24, 2.45) is 0 Å². The summed E-state index contributed by atoms with van der Waals surface area (Å²) >= 11 is 1.66. The maximum Gasteiger partial charge on any atom is 0.343 e. The van der Waals surface area contributed by atoms with E-state index in [0.717, 1.165) is 26.1 Å². The lowest BCUT2D eigenvalue weighted by molar-refractivity contribution is 0.0593. The zero-order chi connectivity index (χ0) is 22.5. The summed E-state index contributed by atoms with van der Waals surface area (Å²) < 4.78 is 12.7. The number of methoxy groups -OCH3 is 1. The van der Waals surface area contributed by atoms with Crippen molar-refractivity contribution in [3.05, 3.63) is 85.5 Å². The molecule has 0 fully saturated rings. The van der Waals surface area contributed by atoms with Gasteiger partial charge in [-0.2, -0.15) is 0 Å². The topological polar surface area (TPSA) is 60.8 Å². The van der Waals surface area contributed by atoms with E-state index in [9.17, 15) is 9.59 Å². The molecule has 0 N–H and O–H groups in total. The number of esters is 1. The molecular weight excluding hydrogens is 424 g/mol. The molecule has 1 aliphatic heterocycles. The van der Waals surface area contributed by atoms with Crippen molar-refractivity contribution >= 4 is 17.3 Å². The number of thiophene rings is 1. The summed E-state index contributed by atoms with van der Waals surface area (Å²) in [6.45, 7) is 5.29. The van der Waals surface area contributed by atoms with E-state index in [4.69, 9.17) is 9.47 Å². The maximum absolute atomic E-state index is 12.9. The summed E-state index contributed by atoms with van der Waals surface area (Å²) in [4.78, 5) is 29.1. The zero-order valence-corrected chi connectivity index (χ0v) is 19.3. The normalized spacial score (nSPS) is 13.9. The third kappa shape index (κ3) is 5.11. The highest BCUT2D eigenvalue weighted by Crippen LogP contribution is 2.25. The lowest BCUT2D eigenvalue weighted by Crippen LogP contribution is -2.29. The van der Waals surface area contributed by atoms with Crippen LogP contribution in [0.4, 0.5) is 0 Å². The fourth-order valence-electron chi connectivity index (χ4n) is 4.06. The number of hydrogen-bond donors (Lipinski definition) is 0. The molecule has 0 saturated heterocycles. The van der Waals surface area contributed by atoms with Gasteiger partial charge in [0.2, 0.25) is 0 Å². The summed E-state index contributed by atoms with van der Waals surface area (Å²) in [5, 5.41) is 2.02. The van der Waals surface area contributed by atoms with Crippen molar-refractivity contribution in [1.29, 1.82) is 0 Å². The molecule has 32 heavy (non-hydrogen) atoms. The van der Waals surface area contributed by atoms with Crippen molar-refractivity contribution in [2.75, 3.05) is 26.8 Å². The van der Waals surface area contributed by atoms with Gasteiger partial charge in [-0.25, -0.2) is 4.79 Å². The Kier molecular flexibility index (Phi) is 7.07. The van der Waals surface area contributed by atoms with Gasteiger partial charge >= 0.3 is 5.97 Å². The van der Waals surface area contributed by atoms with E-state index >= 15 is 0 Å². The predicted octanol–water partition coefficient (Wildman–Crippen LogP) is 3.68. The Morgan fingerprint density at radius 3 is 2.66 bits per heavy atom. The van der Waals surface area contributed by atoms with E-state index in [1.807, 2.05) is 17.5 Å². The molecule has 1 aliphatic rings. The minimum atomic E-state index is -0.466. The van der Waals surface area contributed by atoms with Crippen LogP contribution >= 0.6 is 11.3 Å². The van der Waals surface area contributed by atoms with Crippen molar-refractivity contribution in [3.63, 3.8) is 0 Å². The average molecular weight is 453 g/mol. The van der Waals surface area contributed by atoms with Crippen molar-refractivity contribution in [3.8, 4) is 5.75 Å². The van der Waals surface area contributed by atoms with E-state index < -0.39 is 5.97 Å². The summed E-state index contributed by atoms with van der Waals surface area (Å²) in [5.74, 6) is -0.150. The Morgan fingerprint density at radius 1 is 1.12 bits per heavy atom. The van der Waals surface area contributed by atoms with Crippen LogP contribution in [0.25, 0.3) is 0 Å². The number of pyridine rings is 1. The molecule has 0 amide bonds. The highest BCUT2D eigenvalue weighted by molar-refractivity contribution is 7.09. The van der Waals surface area contributed by atoms with Crippen LogP contribution < -0.4 is 10.3 Å². The molecule has 0 radical (unpaired) electrons. The van der Waals surface area contributed by atoms with Gasteiger partial charge in [-0.15, -0.1) is 11.3 Å². The van der Waals surface area contributed by atoms with E-state index in [-0.39, 0.29) is 5.56 Å². The summed E-state index contributed by atoms with van der Waals surface area (Å²) in [5.41, 5.74) is 3.39. The Morgan fingerprint density at radius 2 is 1.94 bits per heavy atom. The average Bonchev–Trinajstić information content (AvgIpc) is 3.22. The molecule has 0 unspecified atom stereocenters. The van der Waals surface area contributed by atoms with Crippen LogP contribution in [0.1, 0.15) is 32.1 Å². The van der Waals surface area contributed by atoms with Gasteiger partial charge in [0.15, 0.2) is 0 Å². The van der Waals surface area contributed by atoms with Gasteiger partial charge in [0.1, 0.15) is 11.3 Å². The third-order valence-electron chi connectivity index (χ3n) is 5.79. The third-order valence-corrected chi connectivity index (χ3v) is 6.72. The first-order chi connectivity index (χ1) is 15.5. The number of nitrogens with zero attached hydrogens (tertiary/aromatic N) is 2. The molecule has 6 nitrogen and oxygen atoms in total. The van der Waals surface area contributed by atoms with Gasteiger partial charge in [0.25, 0.3) is 5.56 Å². The molecule has 3 heterocycles. The molecule has 168 valence electrons. The Labute approximate surface area is 192 Å². The Bertz CT molecular complexity index is 1120. The highest BCUT2D eigenvalue weighted by Gasteiger charge is 2.26. The van der Waals surface area contributed by atoms with Crippen LogP contribution in [0, 0.1) is 6.92 Å². The summed E-state index contributed by atoms with van der Waals surface area (Å²) in [7, 11) is 1.36.